The summed E-state index contributed by atoms with van der Waals surface area (Å²) in [4.78, 5) is 13.5. The van der Waals surface area contributed by atoms with Crippen LogP contribution in [-0.4, -0.2) is 23.0 Å². The number of fused-ring (bicyclic) bond motifs is 3. The molecular weight excluding hydrogens is 723 g/mol. The Morgan fingerprint density at radius 3 is 2.33 bits per heavy atom. The van der Waals surface area contributed by atoms with E-state index in [0.29, 0.717) is 5.71 Å². The van der Waals surface area contributed by atoms with E-state index in [0.717, 1.165) is 51.7 Å². The molecular formula is C37H39IrN3OSi-2. The maximum Gasteiger partial charge on any atom is 0.216 e. The van der Waals surface area contributed by atoms with Gasteiger partial charge in [-0.15, -0.1) is 54.1 Å². The van der Waals surface area contributed by atoms with Crippen LogP contribution in [0, 0.1) is 17.5 Å². The molecule has 6 heteroatoms. The van der Waals surface area contributed by atoms with Crippen LogP contribution >= 0.6 is 0 Å². The van der Waals surface area contributed by atoms with Gasteiger partial charge in [0.1, 0.15) is 0 Å². The van der Waals surface area contributed by atoms with Crippen molar-refractivity contribution in [2.75, 3.05) is 0 Å². The van der Waals surface area contributed by atoms with Gasteiger partial charge in [0.15, 0.2) is 0 Å². The summed E-state index contributed by atoms with van der Waals surface area (Å²) in [5.74, 6) is 0. The number of rotatable bonds is 5. The molecule has 0 saturated carbocycles. The maximum absolute atomic E-state index is 6.00. The maximum atomic E-state index is 6.00. The van der Waals surface area contributed by atoms with E-state index in [1.54, 1.807) is 6.20 Å². The molecule has 0 N–H and O–H groups in total. The molecule has 6 rings (SSSR count). The van der Waals surface area contributed by atoms with Crippen molar-refractivity contribution < 1.29 is 24.5 Å². The Bertz CT molecular complexity index is 1820. The number of nitrogens with zero attached hydrogens (tertiary/aromatic N) is 3. The monoisotopic (exact) mass is 762 g/mol. The summed E-state index contributed by atoms with van der Waals surface area (Å²) in [5.41, 5.74) is 8.29. The molecule has 0 aliphatic rings. The van der Waals surface area contributed by atoms with Gasteiger partial charge in [0.2, 0.25) is 5.71 Å². The van der Waals surface area contributed by atoms with E-state index in [1.165, 1.54) is 16.3 Å². The summed E-state index contributed by atoms with van der Waals surface area (Å²) in [6.07, 6.45) is 7.77. The summed E-state index contributed by atoms with van der Waals surface area (Å²) in [6, 6.07) is 28.9. The third-order valence-electron chi connectivity index (χ3n) is 7.19. The second kappa shape index (κ2) is 13.5. The minimum atomic E-state index is -1.30. The Morgan fingerprint density at radius 1 is 0.814 bits per heavy atom. The molecule has 0 atom stereocenters. The zero-order valence-electron chi connectivity index (χ0n) is 26.1. The van der Waals surface area contributed by atoms with E-state index >= 15 is 0 Å². The number of aromatic nitrogens is 3. The molecule has 43 heavy (non-hydrogen) atoms. The molecule has 2 aromatic carbocycles. The number of aryl methyl sites for hydroxylation is 1. The summed E-state index contributed by atoms with van der Waals surface area (Å²) in [7, 11) is -1.30. The van der Waals surface area contributed by atoms with Crippen molar-refractivity contribution in [3.8, 4) is 22.5 Å². The molecule has 0 saturated heterocycles. The van der Waals surface area contributed by atoms with Crippen molar-refractivity contribution in [3.05, 3.63) is 109 Å². The molecule has 223 valence electrons. The molecule has 6 aromatic rings. The van der Waals surface area contributed by atoms with E-state index in [1.807, 2.05) is 48.7 Å². The third kappa shape index (κ3) is 7.75. The minimum absolute atomic E-state index is 0. The molecule has 0 unspecified atom stereocenters. The number of hydrogen-bond acceptors (Lipinski definition) is 4. The zero-order chi connectivity index (χ0) is 29.9. The summed E-state index contributed by atoms with van der Waals surface area (Å²) in [5, 5.41) is 3.55. The van der Waals surface area contributed by atoms with Crippen molar-refractivity contribution in [2.45, 2.75) is 60.2 Å². The van der Waals surface area contributed by atoms with Crippen LogP contribution in [0.15, 0.2) is 89.7 Å². The Labute approximate surface area is 270 Å². The number of benzene rings is 2. The first-order valence-electron chi connectivity index (χ1n) is 14.6. The average Bonchev–Trinajstić information content (AvgIpc) is 3.35. The Hall–Kier alpha value is -3.44. The molecule has 0 bridgehead atoms. The van der Waals surface area contributed by atoms with Crippen LogP contribution in [0.5, 0.6) is 0 Å². The third-order valence-corrected chi connectivity index (χ3v) is 9.25. The molecule has 0 amide bonds. The van der Waals surface area contributed by atoms with Crippen LogP contribution < -0.4 is 5.19 Å². The number of hydrogen-bond donors (Lipinski definition) is 0. The van der Waals surface area contributed by atoms with Gasteiger partial charge in [-0.05, 0) is 53.0 Å². The average molecular weight is 762 g/mol. The van der Waals surface area contributed by atoms with Crippen LogP contribution in [0.1, 0.15) is 38.8 Å². The van der Waals surface area contributed by atoms with Crippen molar-refractivity contribution >= 4 is 35.3 Å². The normalized spacial score (nSPS) is 11.6. The van der Waals surface area contributed by atoms with Gasteiger partial charge in [-0.25, -0.2) is 4.98 Å². The van der Waals surface area contributed by atoms with Crippen molar-refractivity contribution in [1.82, 2.24) is 15.0 Å². The summed E-state index contributed by atoms with van der Waals surface area (Å²) in [6.45, 7) is 16.1. The van der Waals surface area contributed by atoms with Gasteiger partial charge in [0.25, 0.3) is 0 Å². The zero-order valence-corrected chi connectivity index (χ0v) is 29.5. The fourth-order valence-corrected chi connectivity index (χ4v) is 6.93. The SMILES string of the molecule is CC(C)(C)Cc1ccnc(-c2[c-]ccc3c2oc2ncccc23)c1.CCc1cc(-c2[c-]cccc2)ncc1[Si](C)(C)C.[Ir]. The molecule has 4 heterocycles. The van der Waals surface area contributed by atoms with Crippen molar-refractivity contribution in [1.29, 1.82) is 0 Å². The molecule has 1 radical (unpaired) electrons. The van der Waals surface area contributed by atoms with Gasteiger partial charge in [-0.1, -0.05) is 81.5 Å². The first-order chi connectivity index (χ1) is 20.0. The Balaban J connectivity index is 0.000000201. The quantitative estimate of drug-likeness (QED) is 0.130. The predicted octanol–water partition coefficient (Wildman–Crippen LogP) is 9.09. The van der Waals surface area contributed by atoms with Gasteiger partial charge in [-0.3, -0.25) is 0 Å². The van der Waals surface area contributed by atoms with E-state index < -0.39 is 8.07 Å². The second-order valence-corrected chi connectivity index (χ2v) is 18.0. The topological polar surface area (TPSA) is 51.8 Å². The Kier molecular flexibility index (Phi) is 10.2. The van der Waals surface area contributed by atoms with E-state index in [2.05, 4.69) is 105 Å². The Morgan fingerprint density at radius 2 is 1.63 bits per heavy atom. The predicted molar refractivity (Wildman–Crippen MR) is 178 cm³/mol. The fraction of sp³-hybridized carbons (Fsp3) is 0.270. The van der Waals surface area contributed by atoms with Gasteiger partial charge in [0.05, 0.1) is 13.7 Å². The van der Waals surface area contributed by atoms with Crippen LogP contribution in [0.2, 0.25) is 19.6 Å². The molecule has 4 aromatic heterocycles. The second-order valence-electron chi connectivity index (χ2n) is 12.9. The van der Waals surface area contributed by atoms with Crippen LogP contribution in [0.4, 0.5) is 0 Å². The smallest absolute Gasteiger partial charge is 0.216 e. The van der Waals surface area contributed by atoms with E-state index in [9.17, 15) is 0 Å². The van der Waals surface area contributed by atoms with Crippen LogP contribution in [0.25, 0.3) is 44.6 Å². The standard InChI is InChI=1S/C21H19N2O.C16H20NSi.Ir/c1-21(2,3)13-14-9-11-22-18(12-14)17-7-4-6-15-16-8-5-10-23-20(16)24-19(15)17;1-5-13-11-15(14-9-7-6-8-10-14)17-12-16(13)18(2,3)4;/h4-6,8-12H,13H2,1-3H3;6-9,11-12H,5H2,1-4H3;/q2*-1;. The van der Waals surface area contributed by atoms with E-state index in [-0.39, 0.29) is 25.5 Å². The molecule has 0 spiro atoms. The fourth-order valence-electron chi connectivity index (χ4n) is 5.26. The summed E-state index contributed by atoms with van der Waals surface area (Å²) < 4.78 is 6.00. The van der Waals surface area contributed by atoms with Gasteiger partial charge < -0.3 is 14.4 Å². The first-order valence-corrected chi connectivity index (χ1v) is 18.1. The number of furan rings is 1. The first kappa shape index (κ1) is 32.5. The van der Waals surface area contributed by atoms with Crippen molar-refractivity contribution in [3.63, 3.8) is 0 Å². The van der Waals surface area contributed by atoms with Crippen LogP contribution in [0.3, 0.4) is 0 Å². The van der Waals surface area contributed by atoms with Gasteiger partial charge >= 0.3 is 0 Å². The van der Waals surface area contributed by atoms with Gasteiger partial charge in [0, 0.05) is 44.1 Å². The number of pyridine rings is 3. The van der Waals surface area contributed by atoms with Crippen LogP contribution in [-0.2, 0) is 32.9 Å². The van der Waals surface area contributed by atoms with Gasteiger partial charge in [-0.2, -0.15) is 0 Å². The molecule has 4 nitrogen and oxygen atoms in total. The molecule has 0 fully saturated rings. The largest absolute Gasteiger partial charge is 0.486 e. The van der Waals surface area contributed by atoms with Crippen molar-refractivity contribution in [2.24, 2.45) is 5.41 Å². The minimum Gasteiger partial charge on any atom is -0.486 e. The summed E-state index contributed by atoms with van der Waals surface area (Å²) >= 11 is 0. The molecule has 0 aliphatic carbocycles. The van der Waals surface area contributed by atoms with E-state index in [4.69, 9.17) is 4.42 Å². The molecule has 0 aliphatic heterocycles.